The number of aliphatic hydroxyl groups excluding tert-OH is 2. The minimum atomic E-state index is -0.846. The van der Waals surface area contributed by atoms with Gasteiger partial charge in [0, 0.05) is 12.8 Å². The molecule has 0 rings (SSSR count). The lowest BCUT2D eigenvalue weighted by Gasteiger charge is -2.20. The highest BCUT2D eigenvalue weighted by Gasteiger charge is 2.18. The first-order valence-electron chi connectivity index (χ1n) is 37.6. The van der Waals surface area contributed by atoms with Crippen LogP contribution in [0.25, 0.3) is 0 Å². The average molecular weight is 1160 g/mol. The van der Waals surface area contributed by atoms with Gasteiger partial charge in [-0.15, -0.1) is 0 Å². The minimum Gasteiger partial charge on any atom is -0.466 e. The summed E-state index contributed by atoms with van der Waals surface area (Å²) in [4.78, 5) is 24.6. The van der Waals surface area contributed by atoms with Gasteiger partial charge in [0.25, 0.3) is 0 Å². The maximum atomic E-state index is 12.5. The van der Waals surface area contributed by atoms with Crippen molar-refractivity contribution >= 4 is 11.9 Å². The van der Waals surface area contributed by atoms with Crippen LogP contribution in [0, 0.1) is 0 Å². The van der Waals surface area contributed by atoms with Crippen LogP contribution in [-0.4, -0.2) is 47.4 Å². The number of esters is 1. The molecule has 0 aromatic heterocycles. The highest BCUT2D eigenvalue weighted by molar-refractivity contribution is 5.76. The first-order valence-corrected chi connectivity index (χ1v) is 37.6. The summed E-state index contributed by atoms with van der Waals surface area (Å²) in [6, 6.07) is -0.630. The van der Waals surface area contributed by atoms with Crippen LogP contribution in [0.5, 0.6) is 0 Å². The van der Waals surface area contributed by atoms with Gasteiger partial charge in [0.1, 0.15) is 0 Å². The number of hydrogen-bond acceptors (Lipinski definition) is 5. The van der Waals surface area contributed by atoms with Gasteiger partial charge in [-0.1, -0.05) is 378 Å². The molecule has 0 fully saturated rings. The van der Waals surface area contributed by atoms with Gasteiger partial charge in [-0.2, -0.15) is 0 Å². The molecule has 0 aromatic carbocycles. The second kappa shape index (κ2) is 71.8. The summed E-state index contributed by atoms with van der Waals surface area (Å²) in [6.45, 7) is 4.95. The maximum Gasteiger partial charge on any atom is 0.305 e. The van der Waals surface area contributed by atoms with Crippen molar-refractivity contribution in [2.75, 3.05) is 13.2 Å². The van der Waals surface area contributed by atoms with Crippen molar-refractivity contribution in [3.05, 3.63) is 24.3 Å². The quantitative estimate of drug-likeness (QED) is 0.0320. The molecule has 0 spiro atoms. The zero-order valence-corrected chi connectivity index (χ0v) is 55.8. The number of nitrogens with one attached hydrogen (secondary N) is 1. The van der Waals surface area contributed by atoms with E-state index in [0.29, 0.717) is 19.4 Å². The van der Waals surface area contributed by atoms with Crippen molar-refractivity contribution in [2.24, 2.45) is 0 Å². The molecule has 0 aliphatic rings. The second-order valence-electron chi connectivity index (χ2n) is 26.0. The Labute approximate surface area is 513 Å². The summed E-state index contributed by atoms with van der Waals surface area (Å²) < 4.78 is 5.50. The summed E-state index contributed by atoms with van der Waals surface area (Å²) in [5.41, 5.74) is 0. The van der Waals surface area contributed by atoms with Crippen LogP contribution in [0.15, 0.2) is 24.3 Å². The molecule has 2 atom stereocenters. The van der Waals surface area contributed by atoms with Gasteiger partial charge in [-0.25, -0.2) is 0 Å². The first-order chi connectivity index (χ1) is 40.5. The molecule has 0 aliphatic heterocycles. The summed E-state index contributed by atoms with van der Waals surface area (Å²) in [7, 11) is 0. The molecule has 6 nitrogen and oxygen atoms in total. The monoisotopic (exact) mass is 1150 g/mol. The Morgan fingerprint density at radius 3 is 0.866 bits per heavy atom. The smallest absolute Gasteiger partial charge is 0.305 e. The van der Waals surface area contributed by atoms with Gasteiger partial charge in [0.2, 0.25) is 5.91 Å². The van der Waals surface area contributed by atoms with E-state index in [1.807, 2.05) is 6.08 Å². The first kappa shape index (κ1) is 80.3. The topological polar surface area (TPSA) is 95.9 Å². The third kappa shape index (κ3) is 67.5. The fourth-order valence-electron chi connectivity index (χ4n) is 12.0. The number of allylic oxidation sites excluding steroid dienone is 3. The number of carbonyl (C=O) groups is 2. The van der Waals surface area contributed by atoms with Crippen molar-refractivity contribution in [3.8, 4) is 0 Å². The van der Waals surface area contributed by atoms with Gasteiger partial charge in [0.15, 0.2) is 0 Å². The molecule has 2 unspecified atom stereocenters. The normalized spacial score (nSPS) is 12.6. The van der Waals surface area contributed by atoms with E-state index in [-0.39, 0.29) is 18.5 Å². The predicted octanol–water partition coefficient (Wildman–Crippen LogP) is 24.5. The summed E-state index contributed by atoms with van der Waals surface area (Å²) >= 11 is 0. The van der Waals surface area contributed by atoms with E-state index in [0.717, 1.165) is 38.5 Å². The number of carbonyl (C=O) groups excluding carboxylic acids is 2. The molecule has 82 heavy (non-hydrogen) atoms. The van der Waals surface area contributed by atoms with Gasteiger partial charge in [-0.3, -0.25) is 9.59 Å². The van der Waals surface area contributed by atoms with E-state index in [1.165, 1.54) is 360 Å². The summed E-state index contributed by atoms with van der Waals surface area (Å²) in [6.07, 6.45) is 91.3. The number of amides is 1. The van der Waals surface area contributed by atoms with Crippen molar-refractivity contribution in [3.63, 3.8) is 0 Å². The average Bonchev–Trinajstić information content (AvgIpc) is 3.48. The molecular formula is C76H147NO5. The van der Waals surface area contributed by atoms with Crippen LogP contribution in [0.3, 0.4) is 0 Å². The Balaban J connectivity index is 3.40. The fraction of sp³-hybridized carbons (Fsp3) is 0.921. The van der Waals surface area contributed by atoms with Crippen LogP contribution in [0.2, 0.25) is 0 Å². The van der Waals surface area contributed by atoms with E-state index in [9.17, 15) is 19.8 Å². The number of ether oxygens (including phenoxy) is 1. The summed E-state index contributed by atoms with van der Waals surface area (Å²) in [5, 5.41) is 23.3. The number of hydrogen-bond donors (Lipinski definition) is 3. The van der Waals surface area contributed by atoms with Crippen LogP contribution < -0.4 is 5.32 Å². The van der Waals surface area contributed by atoms with Crippen molar-refractivity contribution in [1.29, 1.82) is 0 Å². The van der Waals surface area contributed by atoms with E-state index >= 15 is 0 Å². The molecule has 0 saturated heterocycles. The van der Waals surface area contributed by atoms with E-state index in [2.05, 4.69) is 31.3 Å². The third-order valence-corrected chi connectivity index (χ3v) is 17.7. The van der Waals surface area contributed by atoms with Crippen molar-refractivity contribution < 1.29 is 24.5 Å². The molecule has 0 aromatic rings. The molecule has 1 amide bonds. The lowest BCUT2D eigenvalue weighted by Crippen LogP contribution is -2.45. The Bertz CT molecular complexity index is 1280. The molecule has 486 valence electrons. The molecule has 6 heteroatoms. The Kier molecular flexibility index (Phi) is 70.4. The SMILES string of the molecule is CCCCCCCCCCCCCCCCCCCCCCCC/C=C/C(O)C(CO)NC(=O)CCCCCCCCCCCCC/C=C\CCCCCCCCCCCCCCOC(=O)CCCCCCCCCCCCCCCC. The van der Waals surface area contributed by atoms with Gasteiger partial charge in [-0.05, 0) is 57.8 Å². The van der Waals surface area contributed by atoms with E-state index < -0.39 is 12.1 Å². The Hall–Kier alpha value is -1.66. The fourth-order valence-corrected chi connectivity index (χ4v) is 12.0. The third-order valence-electron chi connectivity index (χ3n) is 17.7. The molecule has 0 bridgehead atoms. The van der Waals surface area contributed by atoms with Crippen LogP contribution in [0.4, 0.5) is 0 Å². The number of unbranched alkanes of at least 4 members (excludes halogenated alkanes) is 58. The zero-order valence-electron chi connectivity index (χ0n) is 55.8. The van der Waals surface area contributed by atoms with Gasteiger partial charge >= 0.3 is 5.97 Å². The summed E-state index contributed by atoms with van der Waals surface area (Å²) in [5.74, 6) is -0.0459. The highest BCUT2D eigenvalue weighted by atomic mass is 16.5. The van der Waals surface area contributed by atoms with Gasteiger partial charge < -0.3 is 20.3 Å². The number of rotatable bonds is 71. The molecule has 0 saturated carbocycles. The minimum absolute atomic E-state index is 0.0179. The predicted molar refractivity (Wildman–Crippen MR) is 361 cm³/mol. The van der Waals surface area contributed by atoms with Crippen LogP contribution in [0.1, 0.15) is 425 Å². The molecular weight excluding hydrogens is 1010 g/mol. The zero-order chi connectivity index (χ0) is 59.2. The largest absolute Gasteiger partial charge is 0.466 e. The Morgan fingerprint density at radius 2 is 0.573 bits per heavy atom. The second-order valence-corrected chi connectivity index (χ2v) is 26.0. The van der Waals surface area contributed by atoms with Crippen LogP contribution in [-0.2, 0) is 14.3 Å². The maximum absolute atomic E-state index is 12.5. The highest BCUT2D eigenvalue weighted by Crippen LogP contribution is 2.19. The number of aliphatic hydroxyl groups is 2. The molecule has 0 radical (unpaired) electrons. The van der Waals surface area contributed by atoms with E-state index in [4.69, 9.17) is 4.74 Å². The van der Waals surface area contributed by atoms with E-state index in [1.54, 1.807) is 6.08 Å². The Morgan fingerprint density at radius 1 is 0.329 bits per heavy atom. The lowest BCUT2D eigenvalue weighted by atomic mass is 10.0. The standard InChI is InChI=1S/C76H147NO5/c1-3-5-7-9-11-13-15-17-19-20-21-22-23-29-32-35-38-41-44-48-52-56-60-64-68-74(79)73(72-78)77-75(80)69-65-61-57-53-49-45-42-39-36-33-30-27-25-24-26-28-31-34-37-40-43-47-51-55-59-63-67-71-82-76(81)70-66-62-58-54-50-46-18-16-14-12-10-8-6-4-2/h24-25,64,68,73-74,78-79H,3-23,26-63,65-67,69-72H2,1-2H3,(H,77,80)/b25-24-,68-64+. The molecule has 3 N–H and O–H groups in total. The van der Waals surface area contributed by atoms with Crippen molar-refractivity contribution in [2.45, 2.75) is 437 Å². The van der Waals surface area contributed by atoms with Crippen molar-refractivity contribution in [1.82, 2.24) is 5.32 Å². The lowest BCUT2D eigenvalue weighted by molar-refractivity contribution is -0.143. The van der Waals surface area contributed by atoms with Gasteiger partial charge in [0.05, 0.1) is 25.4 Å². The molecule has 0 heterocycles. The van der Waals surface area contributed by atoms with Crippen LogP contribution >= 0.6 is 0 Å². The molecule has 0 aliphatic carbocycles.